The lowest BCUT2D eigenvalue weighted by molar-refractivity contribution is 0.0249. The first-order chi connectivity index (χ1) is 8.08. The van der Waals surface area contributed by atoms with E-state index >= 15 is 0 Å². The molecule has 7 unspecified atom stereocenters. The van der Waals surface area contributed by atoms with Crippen LogP contribution in [0.1, 0.15) is 6.92 Å². The average Bonchev–Trinajstić information content (AvgIpc) is 2.67. The van der Waals surface area contributed by atoms with E-state index in [1.807, 2.05) is 4.90 Å². The third-order valence-corrected chi connectivity index (χ3v) is 4.73. The number of nitrogens with one attached hydrogen (secondary N) is 2. The highest BCUT2D eigenvalue weighted by atomic mass is 16.3. The second kappa shape index (κ2) is 3.88. The van der Waals surface area contributed by atoms with E-state index in [1.54, 1.807) is 0 Å². The summed E-state index contributed by atoms with van der Waals surface area (Å²) in [6.45, 7) is 4.43. The van der Waals surface area contributed by atoms with Gasteiger partial charge in [0.2, 0.25) is 0 Å². The van der Waals surface area contributed by atoms with E-state index in [2.05, 4.69) is 17.6 Å². The molecule has 3 heterocycles. The molecule has 0 bridgehead atoms. The maximum atomic E-state index is 10.4. The quantitative estimate of drug-likeness (QED) is 0.350. The van der Waals surface area contributed by atoms with Crippen LogP contribution in [0.3, 0.4) is 0 Å². The maximum absolute atomic E-state index is 10.4. The topological polar surface area (TPSA) is 93.6 Å². The van der Waals surface area contributed by atoms with E-state index in [1.165, 1.54) is 0 Å². The molecular formula is C11H22N4O2. The highest BCUT2D eigenvalue weighted by Crippen LogP contribution is 2.49. The van der Waals surface area contributed by atoms with Gasteiger partial charge in [-0.15, -0.1) is 0 Å². The summed E-state index contributed by atoms with van der Waals surface area (Å²) in [7, 11) is 0. The molecule has 3 aliphatic rings. The molecule has 98 valence electrons. The molecule has 3 saturated heterocycles. The first kappa shape index (κ1) is 11.8. The lowest BCUT2D eigenvalue weighted by Gasteiger charge is -2.34. The van der Waals surface area contributed by atoms with Crippen molar-refractivity contribution in [2.45, 2.75) is 30.8 Å². The second-order valence-electron chi connectivity index (χ2n) is 5.70. The zero-order valence-corrected chi connectivity index (χ0v) is 10.1. The zero-order chi connectivity index (χ0) is 12.2. The number of nitrogens with zero attached hydrogens (tertiary/aromatic N) is 1. The van der Waals surface area contributed by atoms with Gasteiger partial charge in [0.25, 0.3) is 0 Å². The van der Waals surface area contributed by atoms with Crippen molar-refractivity contribution in [1.29, 1.82) is 0 Å². The number of piperidine rings is 1. The normalized spacial score (nSPS) is 54.7. The Labute approximate surface area is 101 Å². The van der Waals surface area contributed by atoms with Crippen LogP contribution in [0.2, 0.25) is 0 Å². The summed E-state index contributed by atoms with van der Waals surface area (Å²) in [6.07, 6.45) is 0. The fourth-order valence-electron chi connectivity index (χ4n) is 3.69. The number of hydrogen-bond donors (Lipinski definition) is 5. The van der Waals surface area contributed by atoms with Crippen molar-refractivity contribution in [2.75, 3.05) is 26.4 Å². The third kappa shape index (κ3) is 1.63. The molecule has 6 nitrogen and oxygen atoms in total. The largest absolute Gasteiger partial charge is 0.396 e. The van der Waals surface area contributed by atoms with Gasteiger partial charge in [-0.1, -0.05) is 0 Å². The van der Waals surface area contributed by atoms with Gasteiger partial charge in [-0.25, -0.2) is 0 Å². The number of hydrogen-bond acceptors (Lipinski definition) is 6. The van der Waals surface area contributed by atoms with E-state index < -0.39 is 5.72 Å². The van der Waals surface area contributed by atoms with Gasteiger partial charge in [0.05, 0.1) is 0 Å². The van der Waals surface area contributed by atoms with Gasteiger partial charge in [-0.2, -0.15) is 0 Å². The van der Waals surface area contributed by atoms with Gasteiger partial charge in [-0.3, -0.25) is 10.2 Å². The molecule has 0 aromatic heterocycles. The first-order valence-corrected chi connectivity index (χ1v) is 6.38. The molecule has 0 aliphatic carbocycles. The number of rotatable bonds is 3. The Morgan fingerprint density at radius 3 is 2.88 bits per heavy atom. The average molecular weight is 242 g/mol. The van der Waals surface area contributed by atoms with Crippen LogP contribution < -0.4 is 16.4 Å². The molecule has 0 spiro atoms. The van der Waals surface area contributed by atoms with E-state index in [9.17, 15) is 10.2 Å². The molecule has 6 heteroatoms. The predicted molar refractivity (Wildman–Crippen MR) is 63.0 cm³/mol. The predicted octanol–water partition coefficient (Wildman–Crippen LogP) is -2.54. The minimum Gasteiger partial charge on any atom is -0.396 e. The van der Waals surface area contributed by atoms with Crippen LogP contribution in [0.4, 0.5) is 0 Å². The van der Waals surface area contributed by atoms with Crippen LogP contribution >= 0.6 is 0 Å². The molecule has 0 radical (unpaired) electrons. The van der Waals surface area contributed by atoms with E-state index in [4.69, 9.17) is 5.73 Å². The fraction of sp³-hybridized carbons (Fsp3) is 1.00. The summed E-state index contributed by atoms with van der Waals surface area (Å²) < 4.78 is 0. The molecule has 0 saturated carbocycles. The van der Waals surface area contributed by atoms with E-state index in [-0.39, 0.29) is 30.5 Å². The Bertz CT molecular complexity index is 316. The fourth-order valence-corrected chi connectivity index (χ4v) is 3.69. The molecule has 17 heavy (non-hydrogen) atoms. The smallest absolute Gasteiger partial charge is 0.136 e. The summed E-state index contributed by atoms with van der Waals surface area (Å²) in [5, 5.41) is 26.5. The van der Waals surface area contributed by atoms with Crippen LogP contribution in [0.25, 0.3) is 0 Å². The van der Waals surface area contributed by atoms with Gasteiger partial charge in [0.1, 0.15) is 5.72 Å². The maximum Gasteiger partial charge on any atom is 0.136 e. The molecule has 3 fully saturated rings. The van der Waals surface area contributed by atoms with Crippen LogP contribution in [0, 0.1) is 11.8 Å². The van der Waals surface area contributed by atoms with Crippen LogP contribution in [-0.2, 0) is 0 Å². The minimum atomic E-state index is -0.753. The Balaban J connectivity index is 1.77. The van der Waals surface area contributed by atoms with Crippen molar-refractivity contribution in [3.05, 3.63) is 0 Å². The van der Waals surface area contributed by atoms with Gasteiger partial charge in [-0.05, 0) is 6.92 Å². The van der Waals surface area contributed by atoms with Crippen molar-refractivity contribution < 1.29 is 10.2 Å². The summed E-state index contributed by atoms with van der Waals surface area (Å²) in [6, 6.07) is 0.342. The van der Waals surface area contributed by atoms with E-state index in [0.717, 1.165) is 13.2 Å². The summed E-state index contributed by atoms with van der Waals surface area (Å²) in [5.41, 5.74) is 5.59. The van der Waals surface area contributed by atoms with Crippen molar-refractivity contribution in [3.63, 3.8) is 0 Å². The number of nitrogens with two attached hydrogens (primary N) is 1. The molecule has 0 amide bonds. The molecule has 3 aliphatic heterocycles. The monoisotopic (exact) mass is 242 g/mol. The summed E-state index contributed by atoms with van der Waals surface area (Å²) in [5.74, 6) is 0.0608. The first-order valence-electron chi connectivity index (χ1n) is 6.38. The zero-order valence-electron chi connectivity index (χ0n) is 10.1. The minimum absolute atomic E-state index is 0.0349. The number of aliphatic hydroxyl groups is 2. The highest BCUT2D eigenvalue weighted by molar-refractivity contribution is 5.16. The van der Waals surface area contributed by atoms with Gasteiger partial charge in [0, 0.05) is 56.3 Å². The standard InChI is InChI=1S/C11H22N4O2/c1-6-10(14-5-13-6)9(12)8-7(3-16)2-15-4-11(8,15)17/h6-10,13-14,16-17H,2-5,12H2,1H3. The molecular weight excluding hydrogens is 220 g/mol. The number of aliphatic hydroxyl groups excluding tert-OH is 1. The Morgan fingerprint density at radius 2 is 2.29 bits per heavy atom. The lowest BCUT2D eigenvalue weighted by atomic mass is 9.79. The number of fused-ring (bicyclic) bond motifs is 1. The van der Waals surface area contributed by atoms with Crippen LogP contribution in [0.5, 0.6) is 0 Å². The Morgan fingerprint density at radius 1 is 1.53 bits per heavy atom. The summed E-state index contributed by atoms with van der Waals surface area (Å²) in [4.78, 5) is 2.01. The Kier molecular flexibility index (Phi) is 2.70. The van der Waals surface area contributed by atoms with Gasteiger partial charge in [0.15, 0.2) is 0 Å². The van der Waals surface area contributed by atoms with Crippen LogP contribution in [0.15, 0.2) is 0 Å². The highest BCUT2D eigenvalue weighted by Gasteiger charge is 2.66. The molecule has 0 aromatic rings. The van der Waals surface area contributed by atoms with Gasteiger partial charge >= 0.3 is 0 Å². The van der Waals surface area contributed by atoms with E-state index in [0.29, 0.717) is 12.6 Å². The van der Waals surface area contributed by atoms with Crippen molar-refractivity contribution in [1.82, 2.24) is 15.5 Å². The lowest BCUT2D eigenvalue weighted by Crippen LogP contribution is -2.56. The SMILES string of the molecule is CC1NCNC1C(N)C1C(CO)CN2CC12O. The second-order valence-corrected chi connectivity index (χ2v) is 5.70. The third-order valence-electron chi connectivity index (χ3n) is 4.73. The van der Waals surface area contributed by atoms with Crippen molar-refractivity contribution >= 4 is 0 Å². The van der Waals surface area contributed by atoms with Gasteiger partial charge < -0.3 is 21.3 Å². The molecule has 6 N–H and O–H groups in total. The summed E-state index contributed by atoms with van der Waals surface area (Å²) >= 11 is 0. The molecule has 0 aromatic carbocycles. The van der Waals surface area contributed by atoms with Crippen molar-refractivity contribution in [2.24, 2.45) is 17.6 Å². The van der Waals surface area contributed by atoms with Crippen molar-refractivity contribution in [3.8, 4) is 0 Å². The van der Waals surface area contributed by atoms with Crippen LogP contribution in [-0.4, -0.2) is 65.3 Å². The molecule has 3 rings (SSSR count). The molecule has 7 atom stereocenters. The Hall–Kier alpha value is -0.240.